The number of aromatic hydroxyl groups is 1. The molecule has 2 rings (SSSR count). The van der Waals surface area contributed by atoms with Crippen molar-refractivity contribution in [2.45, 2.75) is 13.3 Å². The van der Waals surface area contributed by atoms with Crippen LogP contribution in [0.15, 0.2) is 29.6 Å². The maximum Gasteiger partial charge on any atom is 0.231 e. The van der Waals surface area contributed by atoms with Crippen LogP contribution in [-0.2, 0) is 11.2 Å². The molecule has 0 saturated heterocycles. The quantitative estimate of drug-likeness (QED) is 0.819. The van der Waals surface area contributed by atoms with E-state index < -0.39 is 0 Å². The molecule has 4 nitrogen and oxygen atoms in total. The van der Waals surface area contributed by atoms with E-state index in [2.05, 4.69) is 10.3 Å². The van der Waals surface area contributed by atoms with Crippen molar-refractivity contribution in [1.82, 2.24) is 4.98 Å². The summed E-state index contributed by atoms with van der Waals surface area (Å²) in [6.07, 6.45) is 0.229. The Hall–Kier alpha value is -1.88. The Kier molecular flexibility index (Phi) is 3.39. The number of anilines is 1. The number of rotatable bonds is 3. The Morgan fingerprint density at radius 1 is 1.47 bits per heavy atom. The maximum atomic E-state index is 11.7. The standard InChI is InChI=1S/C12H12N2O2S/c1-8-7-17-12(13-8)6-11(16)14-9-4-2-3-5-10(9)15/h2-5,7,15H,6H2,1H3,(H,14,16). The molecule has 0 spiro atoms. The topological polar surface area (TPSA) is 62.2 Å². The lowest BCUT2D eigenvalue weighted by atomic mass is 10.3. The summed E-state index contributed by atoms with van der Waals surface area (Å²) in [5.74, 6) is -0.114. The third kappa shape index (κ3) is 3.04. The lowest BCUT2D eigenvalue weighted by Crippen LogP contribution is -2.14. The Bertz CT molecular complexity index is 537. The molecule has 0 atom stereocenters. The van der Waals surface area contributed by atoms with Gasteiger partial charge in [-0.15, -0.1) is 11.3 Å². The predicted molar refractivity (Wildman–Crippen MR) is 67.3 cm³/mol. The molecule has 1 heterocycles. The number of nitrogens with zero attached hydrogens (tertiary/aromatic N) is 1. The second-order valence-electron chi connectivity index (χ2n) is 3.62. The minimum absolute atomic E-state index is 0.0659. The van der Waals surface area contributed by atoms with Crippen molar-refractivity contribution >= 4 is 22.9 Å². The van der Waals surface area contributed by atoms with Gasteiger partial charge in [-0.3, -0.25) is 4.79 Å². The van der Waals surface area contributed by atoms with Gasteiger partial charge >= 0.3 is 0 Å². The molecule has 0 aliphatic carbocycles. The third-order valence-corrected chi connectivity index (χ3v) is 3.12. The van der Waals surface area contributed by atoms with Gasteiger partial charge in [-0.05, 0) is 19.1 Å². The Labute approximate surface area is 103 Å². The van der Waals surface area contributed by atoms with E-state index in [4.69, 9.17) is 0 Å². The van der Waals surface area contributed by atoms with Crippen molar-refractivity contribution in [2.24, 2.45) is 0 Å². The van der Waals surface area contributed by atoms with Gasteiger partial charge < -0.3 is 10.4 Å². The van der Waals surface area contributed by atoms with E-state index in [-0.39, 0.29) is 18.1 Å². The molecule has 1 amide bonds. The van der Waals surface area contributed by atoms with Crippen LogP contribution in [0.1, 0.15) is 10.7 Å². The van der Waals surface area contributed by atoms with E-state index in [1.165, 1.54) is 17.4 Å². The van der Waals surface area contributed by atoms with Crippen LogP contribution in [0, 0.1) is 6.92 Å². The van der Waals surface area contributed by atoms with Crippen molar-refractivity contribution in [2.75, 3.05) is 5.32 Å². The summed E-state index contributed by atoms with van der Waals surface area (Å²) in [6.45, 7) is 1.89. The molecule has 2 aromatic rings. The van der Waals surface area contributed by atoms with E-state index in [0.717, 1.165) is 10.7 Å². The summed E-state index contributed by atoms with van der Waals surface area (Å²) >= 11 is 1.46. The number of thiazole rings is 1. The number of phenols is 1. The number of carbonyl (C=O) groups is 1. The van der Waals surface area contributed by atoms with Gasteiger partial charge in [0.25, 0.3) is 0 Å². The van der Waals surface area contributed by atoms with Crippen LogP contribution in [-0.4, -0.2) is 16.0 Å². The van der Waals surface area contributed by atoms with Crippen molar-refractivity contribution in [3.8, 4) is 5.75 Å². The van der Waals surface area contributed by atoms with Crippen LogP contribution in [0.3, 0.4) is 0 Å². The Morgan fingerprint density at radius 3 is 2.88 bits per heavy atom. The van der Waals surface area contributed by atoms with Gasteiger partial charge in [0.15, 0.2) is 0 Å². The highest BCUT2D eigenvalue weighted by Gasteiger charge is 2.08. The molecule has 1 aromatic heterocycles. The van der Waals surface area contributed by atoms with Crippen LogP contribution < -0.4 is 5.32 Å². The van der Waals surface area contributed by atoms with Gasteiger partial charge in [-0.2, -0.15) is 0 Å². The molecule has 0 aliphatic heterocycles. The van der Waals surface area contributed by atoms with E-state index in [1.54, 1.807) is 18.2 Å². The normalized spacial score (nSPS) is 10.2. The molecule has 0 fully saturated rings. The first-order valence-electron chi connectivity index (χ1n) is 5.14. The zero-order chi connectivity index (χ0) is 12.3. The number of aromatic nitrogens is 1. The van der Waals surface area contributed by atoms with Crippen molar-refractivity contribution in [3.05, 3.63) is 40.3 Å². The van der Waals surface area contributed by atoms with Gasteiger partial charge in [0.05, 0.1) is 12.1 Å². The number of para-hydroxylation sites is 2. The zero-order valence-corrected chi connectivity index (χ0v) is 10.1. The Balaban J connectivity index is 2.01. The molecule has 88 valence electrons. The summed E-state index contributed by atoms with van der Waals surface area (Å²) in [6, 6.07) is 6.64. The second-order valence-corrected chi connectivity index (χ2v) is 4.57. The van der Waals surface area contributed by atoms with Crippen LogP contribution in [0.2, 0.25) is 0 Å². The molecule has 2 N–H and O–H groups in total. The fourth-order valence-electron chi connectivity index (χ4n) is 1.39. The molecule has 0 radical (unpaired) electrons. The smallest absolute Gasteiger partial charge is 0.231 e. The van der Waals surface area contributed by atoms with Crippen LogP contribution in [0.25, 0.3) is 0 Å². The number of nitrogens with one attached hydrogen (secondary N) is 1. The highest BCUT2D eigenvalue weighted by Crippen LogP contribution is 2.21. The number of hydrogen-bond acceptors (Lipinski definition) is 4. The summed E-state index contributed by atoms with van der Waals surface area (Å²) in [4.78, 5) is 15.9. The summed E-state index contributed by atoms with van der Waals surface area (Å²) in [5.41, 5.74) is 1.34. The van der Waals surface area contributed by atoms with Crippen molar-refractivity contribution in [3.63, 3.8) is 0 Å². The highest BCUT2D eigenvalue weighted by atomic mass is 32.1. The third-order valence-electron chi connectivity index (χ3n) is 2.16. The monoisotopic (exact) mass is 248 g/mol. The molecule has 5 heteroatoms. The second kappa shape index (κ2) is 4.97. The van der Waals surface area contributed by atoms with Crippen LogP contribution in [0.5, 0.6) is 5.75 Å². The molecular weight excluding hydrogens is 236 g/mol. The fourth-order valence-corrected chi connectivity index (χ4v) is 2.17. The predicted octanol–water partition coefficient (Wildman–Crippen LogP) is 2.34. The SMILES string of the molecule is Cc1csc(CC(=O)Nc2ccccc2O)n1. The van der Waals surface area contributed by atoms with Gasteiger partial charge in [-0.1, -0.05) is 12.1 Å². The zero-order valence-electron chi connectivity index (χ0n) is 9.30. The molecule has 0 aliphatic rings. The summed E-state index contributed by atoms with van der Waals surface area (Å²) in [5, 5.41) is 14.8. The van der Waals surface area contributed by atoms with Crippen molar-refractivity contribution < 1.29 is 9.90 Å². The van der Waals surface area contributed by atoms with Gasteiger partial charge in [-0.25, -0.2) is 4.98 Å². The van der Waals surface area contributed by atoms with Gasteiger partial charge in [0, 0.05) is 11.1 Å². The van der Waals surface area contributed by atoms with Crippen LogP contribution in [0.4, 0.5) is 5.69 Å². The number of benzene rings is 1. The number of aryl methyl sites for hydroxylation is 1. The van der Waals surface area contributed by atoms with Gasteiger partial charge in [0.1, 0.15) is 10.8 Å². The number of hydrogen-bond donors (Lipinski definition) is 2. The first kappa shape index (κ1) is 11.6. The first-order chi connectivity index (χ1) is 8.15. The minimum atomic E-state index is -0.180. The van der Waals surface area contributed by atoms with Gasteiger partial charge in [0.2, 0.25) is 5.91 Å². The summed E-state index contributed by atoms with van der Waals surface area (Å²) < 4.78 is 0. The molecule has 0 bridgehead atoms. The first-order valence-corrected chi connectivity index (χ1v) is 6.02. The fraction of sp³-hybridized carbons (Fsp3) is 0.167. The molecule has 1 aromatic carbocycles. The number of phenolic OH excluding ortho intramolecular Hbond substituents is 1. The Morgan fingerprint density at radius 2 is 2.24 bits per heavy atom. The lowest BCUT2D eigenvalue weighted by molar-refractivity contribution is -0.115. The average Bonchev–Trinajstić information content (AvgIpc) is 2.67. The summed E-state index contributed by atoms with van der Waals surface area (Å²) in [7, 11) is 0. The van der Waals surface area contributed by atoms with E-state index in [9.17, 15) is 9.90 Å². The van der Waals surface area contributed by atoms with E-state index in [0.29, 0.717) is 5.69 Å². The molecular formula is C12H12N2O2S. The van der Waals surface area contributed by atoms with Crippen molar-refractivity contribution in [1.29, 1.82) is 0 Å². The van der Waals surface area contributed by atoms with E-state index >= 15 is 0 Å². The molecule has 0 unspecified atom stereocenters. The minimum Gasteiger partial charge on any atom is -0.506 e. The average molecular weight is 248 g/mol. The number of carbonyl (C=O) groups excluding carboxylic acids is 1. The maximum absolute atomic E-state index is 11.7. The number of amides is 1. The molecule has 17 heavy (non-hydrogen) atoms. The lowest BCUT2D eigenvalue weighted by Gasteiger charge is -2.05. The highest BCUT2D eigenvalue weighted by molar-refractivity contribution is 7.09. The van der Waals surface area contributed by atoms with E-state index in [1.807, 2.05) is 12.3 Å². The van der Waals surface area contributed by atoms with Crippen LogP contribution >= 0.6 is 11.3 Å². The largest absolute Gasteiger partial charge is 0.506 e. The molecule has 0 saturated carbocycles.